The van der Waals surface area contributed by atoms with Crippen molar-refractivity contribution >= 4 is 17.4 Å². The molecule has 0 aliphatic carbocycles. The number of hydrogen-bond donors (Lipinski definition) is 2. The SMILES string of the molecule is CCc1cc(C(=O)Nc2ccc(C#N)cc2F)cc(N)n1. The molecule has 0 aliphatic rings. The first-order valence-electron chi connectivity index (χ1n) is 6.31. The Morgan fingerprint density at radius 3 is 2.81 bits per heavy atom. The Hall–Kier alpha value is -2.94. The summed E-state index contributed by atoms with van der Waals surface area (Å²) in [6.45, 7) is 1.89. The maximum absolute atomic E-state index is 13.7. The monoisotopic (exact) mass is 284 g/mol. The number of aromatic nitrogens is 1. The lowest BCUT2D eigenvalue weighted by Gasteiger charge is -2.08. The summed E-state index contributed by atoms with van der Waals surface area (Å²) in [5.74, 6) is -0.914. The molecule has 5 nitrogen and oxygen atoms in total. The van der Waals surface area contributed by atoms with Crippen molar-refractivity contribution in [3.05, 3.63) is 53.0 Å². The average molecular weight is 284 g/mol. The predicted molar refractivity (Wildman–Crippen MR) is 77.1 cm³/mol. The van der Waals surface area contributed by atoms with Crippen LogP contribution < -0.4 is 11.1 Å². The Morgan fingerprint density at radius 1 is 1.43 bits per heavy atom. The predicted octanol–water partition coefficient (Wildman–Crippen LogP) is 2.49. The van der Waals surface area contributed by atoms with Crippen LogP contribution in [0.1, 0.15) is 28.5 Å². The van der Waals surface area contributed by atoms with Gasteiger partial charge in [-0.1, -0.05) is 6.92 Å². The van der Waals surface area contributed by atoms with Crippen LogP contribution in [-0.2, 0) is 6.42 Å². The molecule has 0 bridgehead atoms. The molecule has 0 atom stereocenters. The fourth-order valence-corrected chi connectivity index (χ4v) is 1.80. The summed E-state index contributed by atoms with van der Waals surface area (Å²) in [5.41, 5.74) is 6.82. The first kappa shape index (κ1) is 14.5. The number of halogens is 1. The van der Waals surface area contributed by atoms with Gasteiger partial charge in [-0.2, -0.15) is 5.26 Å². The highest BCUT2D eigenvalue weighted by molar-refractivity contribution is 6.04. The molecule has 0 spiro atoms. The summed E-state index contributed by atoms with van der Waals surface area (Å²) in [6.07, 6.45) is 0.635. The Balaban J connectivity index is 2.26. The smallest absolute Gasteiger partial charge is 0.255 e. The second-order valence-electron chi connectivity index (χ2n) is 4.39. The molecule has 3 N–H and O–H groups in total. The Kier molecular flexibility index (Phi) is 4.14. The molecular formula is C15H13FN4O. The summed E-state index contributed by atoms with van der Waals surface area (Å²) in [6, 6.07) is 8.69. The average Bonchev–Trinajstić information content (AvgIpc) is 2.48. The van der Waals surface area contributed by atoms with Gasteiger partial charge < -0.3 is 11.1 Å². The van der Waals surface area contributed by atoms with Gasteiger partial charge in [0.05, 0.1) is 17.3 Å². The zero-order valence-corrected chi connectivity index (χ0v) is 11.4. The van der Waals surface area contributed by atoms with E-state index in [9.17, 15) is 9.18 Å². The van der Waals surface area contributed by atoms with Crippen molar-refractivity contribution in [1.82, 2.24) is 4.98 Å². The number of nitrogens with zero attached hydrogens (tertiary/aromatic N) is 2. The van der Waals surface area contributed by atoms with Crippen molar-refractivity contribution in [2.75, 3.05) is 11.1 Å². The normalized spacial score (nSPS) is 9.95. The number of nitrogens with one attached hydrogen (secondary N) is 1. The number of anilines is 2. The van der Waals surface area contributed by atoms with Gasteiger partial charge in [0.2, 0.25) is 0 Å². The van der Waals surface area contributed by atoms with Crippen LogP contribution in [0.2, 0.25) is 0 Å². The minimum atomic E-state index is -0.667. The maximum Gasteiger partial charge on any atom is 0.255 e. The van der Waals surface area contributed by atoms with Crippen molar-refractivity contribution in [3.8, 4) is 6.07 Å². The first-order chi connectivity index (χ1) is 10.0. The molecule has 1 amide bonds. The number of pyridine rings is 1. The van der Waals surface area contributed by atoms with Gasteiger partial charge in [0.15, 0.2) is 0 Å². The summed E-state index contributed by atoms with van der Waals surface area (Å²) >= 11 is 0. The zero-order valence-electron chi connectivity index (χ0n) is 11.4. The van der Waals surface area contributed by atoms with Gasteiger partial charge in [-0.05, 0) is 36.8 Å². The van der Waals surface area contributed by atoms with E-state index in [1.807, 2.05) is 13.0 Å². The maximum atomic E-state index is 13.7. The Bertz CT molecular complexity index is 737. The van der Waals surface area contributed by atoms with Gasteiger partial charge >= 0.3 is 0 Å². The lowest BCUT2D eigenvalue weighted by molar-refractivity contribution is 0.102. The zero-order chi connectivity index (χ0) is 15.4. The van der Waals surface area contributed by atoms with Crippen molar-refractivity contribution < 1.29 is 9.18 Å². The van der Waals surface area contributed by atoms with E-state index in [-0.39, 0.29) is 17.1 Å². The van der Waals surface area contributed by atoms with E-state index in [0.717, 1.165) is 6.07 Å². The number of nitrogens with two attached hydrogens (primary N) is 1. The number of hydrogen-bond acceptors (Lipinski definition) is 4. The fraction of sp³-hybridized carbons (Fsp3) is 0.133. The lowest BCUT2D eigenvalue weighted by Crippen LogP contribution is -2.14. The number of nitriles is 1. The van der Waals surface area contributed by atoms with Gasteiger partial charge in [-0.25, -0.2) is 9.37 Å². The molecule has 1 aromatic heterocycles. The van der Waals surface area contributed by atoms with E-state index in [0.29, 0.717) is 17.7 Å². The quantitative estimate of drug-likeness (QED) is 0.905. The highest BCUT2D eigenvalue weighted by atomic mass is 19.1. The van der Waals surface area contributed by atoms with Crippen molar-refractivity contribution in [1.29, 1.82) is 5.26 Å². The topological polar surface area (TPSA) is 91.8 Å². The highest BCUT2D eigenvalue weighted by Gasteiger charge is 2.11. The van der Waals surface area contributed by atoms with Gasteiger partial charge in [0.1, 0.15) is 11.6 Å². The molecule has 2 rings (SSSR count). The Labute approximate surface area is 121 Å². The van der Waals surface area contributed by atoms with Crippen LogP contribution in [0, 0.1) is 17.1 Å². The van der Waals surface area contributed by atoms with Gasteiger partial charge in [-0.15, -0.1) is 0 Å². The van der Waals surface area contributed by atoms with Crippen LogP contribution in [0.25, 0.3) is 0 Å². The number of amides is 1. The molecule has 6 heteroatoms. The van der Waals surface area contributed by atoms with Crippen LogP contribution in [0.3, 0.4) is 0 Å². The van der Waals surface area contributed by atoms with E-state index in [1.165, 1.54) is 18.2 Å². The molecule has 0 radical (unpaired) electrons. The number of nitrogen functional groups attached to an aromatic ring is 1. The van der Waals surface area contributed by atoms with E-state index in [1.54, 1.807) is 6.07 Å². The fourth-order valence-electron chi connectivity index (χ4n) is 1.80. The molecule has 0 fully saturated rings. The third-order valence-corrected chi connectivity index (χ3v) is 2.87. The van der Waals surface area contributed by atoms with Crippen molar-refractivity contribution in [3.63, 3.8) is 0 Å². The highest BCUT2D eigenvalue weighted by Crippen LogP contribution is 2.17. The van der Waals surface area contributed by atoms with Crippen LogP contribution >= 0.6 is 0 Å². The molecule has 21 heavy (non-hydrogen) atoms. The largest absolute Gasteiger partial charge is 0.384 e. The van der Waals surface area contributed by atoms with Crippen LogP contribution in [0.5, 0.6) is 0 Å². The summed E-state index contributed by atoms with van der Waals surface area (Å²) in [7, 11) is 0. The van der Waals surface area contributed by atoms with E-state index in [2.05, 4.69) is 10.3 Å². The molecule has 0 saturated heterocycles. The minimum Gasteiger partial charge on any atom is -0.384 e. The molecule has 1 aromatic carbocycles. The minimum absolute atomic E-state index is 0.00688. The van der Waals surface area contributed by atoms with E-state index >= 15 is 0 Å². The molecule has 2 aromatic rings. The van der Waals surface area contributed by atoms with Crippen LogP contribution in [0.4, 0.5) is 15.9 Å². The Morgan fingerprint density at radius 2 is 2.19 bits per heavy atom. The molecule has 0 aliphatic heterocycles. The van der Waals surface area contributed by atoms with Crippen molar-refractivity contribution in [2.45, 2.75) is 13.3 Å². The van der Waals surface area contributed by atoms with E-state index < -0.39 is 11.7 Å². The summed E-state index contributed by atoms with van der Waals surface area (Å²) in [5, 5.41) is 11.1. The molecule has 0 saturated carbocycles. The van der Waals surface area contributed by atoms with Crippen LogP contribution in [-0.4, -0.2) is 10.9 Å². The summed E-state index contributed by atoms with van der Waals surface area (Å²) < 4.78 is 13.7. The van der Waals surface area contributed by atoms with Gasteiger partial charge in [0.25, 0.3) is 5.91 Å². The third-order valence-electron chi connectivity index (χ3n) is 2.87. The molecule has 106 valence electrons. The number of rotatable bonds is 3. The summed E-state index contributed by atoms with van der Waals surface area (Å²) in [4.78, 5) is 16.2. The van der Waals surface area contributed by atoms with E-state index in [4.69, 9.17) is 11.0 Å². The number of carbonyl (C=O) groups is 1. The standard InChI is InChI=1S/C15H13FN4O/c1-2-11-6-10(7-14(18)19-11)15(21)20-13-4-3-9(8-17)5-12(13)16/h3-7H,2H2,1H3,(H2,18,19)(H,20,21). The van der Waals surface area contributed by atoms with Crippen LogP contribution in [0.15, 0.2) is 30.3 Å². The molecule has 1 heterocycles. The molecular weight excluding hydrogens is 271 g/mol. The molecule has 0 unspecified atom stereocenters. The number of carbonyl (C=O) groups excluding carboxylic acids is 1. The first-order valence-corrected chi connectivity index (χ1v) is 6.31. The van der Waals surface area contributed by atoms with Gasteiger partial charge in [-0.3, -0.25) is 4.79 Å². The van der Waals surface area contributed by atoms with Gasteiger partial charge in [0, 0.05) is 11.3 Å². The number of benzene rings is 1. The lowest BCUT2D eigenvalue weighted by atomic mass is 10.1. The van der Waals surface area contributed by atoms with Crippen molar-refractivity contribution in [2.24, 2.45) is 0 Å². The second kappa shape index (κ2) is 6.01. The second-order valence-corrected chi connectivity index (χ2v) is 4.39. The number of aryl methyl sites for hydroxylation is 1. The third kappa shape index (κ3) is 3.34.